The Bertz CT molecular complexity index is 950. The number of hydrogen-bond donors (Lipinski definition) is 2. The van der Waals surface area contributed by atoms with E-state index in [0.29, 0.717) is 19.4 Å². The van der Waals surface area contributed by atoms with E-state index < -0.39 is 29.1 Å². The molecular formula is C30H48N2O5. The van der Waals surface area contributed by atoms with Gasteiger partial charge in [0.1, 0.15) is 11.9 Å². The third kappa shape index (κ3) is 4.58. The van der Waals surface area contributed by atoms with E-state index in [0.717, 1.165) is 32.2 Å². The molecular weight excluding hydrogens is 468 g/mol. The number of imide groups is 1. The molecule has 10 atom stereocenters. The van der Waals surface area contributed by atoms with Crippen LogP contribution in [0.2, 0.25) is 0 Å². The molecule has 0 aromatic rings. The van der Waals surface area contributed by atoms with E-state index in [1.165, 1.54) is 0 Å². The number of carbonyl (C=O) groups is 3. The van der Waals surface area contributed by atoms with Gasteiger partial charge in [-0.1, -0.05) is 46.8 Å². The number of aliphatic hydroxyl groups is 1. The fourth-order valence-electron chi connectivity index (χ4n) is 8.77. The molecule has 2 unspecified atom stereocenters. The number of ketones is 1. The molecule has 37 heavy (non-hydrogen) atoms. The molecule has 1 aliphatic heterocycles. The minimum Gasteiger partial charge on any atom is -0.445 e. The first-order valence-corrected chi connectivity index (χ1v) is 14.3. The van der Waals surface area contributed by atoms with Crippen molar-refractivity contribution in [3.05, 3.63) is 12.2 Å². The summed E-state index contributed by atoms with van der Waals surface area (Å²) in [5, 5.41) is 14.3. The quantitative estimate of drug-likeness (QED) is 0.533. The summed E-state index contributed by atoms with van der Waals surface area (Å²) in [6.45, 7) is 14.0. The van der Waals surface area contributed by atoms with Crippen LogP contribution in [0.1, 0.15) is 80.1 Å². The number of allylic oxidation sites excluding steroid dienone is 1. The third-order valence-electron chi connectivity index (χ3n) is 11.4. The molecule has 4 rings (SSSR count). The Morgan fingerprint density at radius 2 is 1.86 bits per heavy atom. The number of piperidine rings is 1. The summed E-state index contributed by atoms with van der Waals surface area (Å²) in [6, 6.07) is 0. The Balaban J connectivity index is 1.68. The Morgan fingerprint density at radius 1 is 1.16 bits per heavy atom. The molecule has 2 bridgehead atoms. The van der Waals surface area contributed by atoms with Gasteiger partial charge in [0, 0.05) is 29.7 Å². The standard InChI is InChI=1S/C30H48N2O5/c1-8-12-28(5)16-23(37-27(36)31-26(35)21-17-32(7)15-11-18(21)2)29(6)19(3)9-13-30(20(4)25(28)34)14-10-22(33)24(29)30/h8,12,18-21,23-25,34H,9-11,13-17H2,1-7H3,(H,31,35,36)/t18-,19+,20-,21-,23+,24?,25-,28+,29-,30?/m0/s1. The van der Waals surface area contributed by atoms with Crippen LogP contribution < -0.4 is 5.32 Å². The second-order valence-electron chi connectivity index (χ2n) is 13.4. The van der Waals surface area contributed by atoms with Gasteiger partial charge in [0.15, 0.2) is 0 Å². The highest BCUT2D eigenvalue weighted by Gasteiger charge is 2.68. The summed E-state index contributed by atoms with van der Waals surface area (Å²) < 4.78 is 6.21. The lowest BCUT2D eigenvalue weighted by molar-refractivity contribution is -0.191. The lowest BCUT2D eigenvalue weighted by atomic mass is 9.44. The van der Waals surface area contributed by atoms with Crippen LogP contribution in [0.15, 0.2) is 12.2 Å². The molecule has 0 spiro atoms. The Morgan fingerprint density at radius 3 is 2.54 bits per heavy atom. The highest BCUT2D eigenvalue weighted by atomic mass is 16.6. The molecule has 4 fully saturated rings. The Labute approximate surface area is 222 Å². The number of rotatable bonds is 3. The largest absolute Gasteiger partial charge is 0.445 e. The summed E-state index contributed by atoms with van der Waals surface area (Å²) in [7, 11) is 1.99. The van der Waals surface area contributed by atoms with Crippen molar-refractivity contribution in [1.82, 2.24) is 10.2 Å². The molecule has 3 aliphatic carbocycles. The van der Waals surface area contributed by atoms with Gasteiger partial charge in [0.05, 0.1) is 12.0 Å². The molecule has 7 heteroatoms. The number of hydrogen-bond acceptors (Lipinski definition) is 6. The average molecular weight is 517 g/mol. The first kappa shape index (κ1) is 28.3. The van der Waals surface area contributed by atoms with Gasteiger partial charge in [-0.25, -0.2) is 4.79 Å². The predicted molar refractivity (Wildman–Crippen MR) is 143 cm³/mol. The zero-order valence-corrected chi connectivity index (χ0v) is 23.9. The summed E-state index contributed by atoms with van der Waals surface area (Å²) in [6.07, 6.45) is 6.36. The summed E-state index contributed by atoms with van der Waals surface area (Å²) in [5.41, 5.74) is -1.52. The van der Waals surface area contributed by atoms with Gasteiger partial charge >= 0.3 is 6.09 Å². The fraction of sp³-hybridized carbons (Fsp3) is 0.833. The van der Waals surface area contributed by atoms with E-state index >= 15 is 0 Å². The molecule has 4 aliphatic rings. The molecule has 3 saturated carbocycles. The summed E-state index contributed by atoms with van der Waals surface area (Å²) in [4.78, 5) is 42.1. The van der Waals surface area contributed by atoms with Crippen LogP contribution in [0.5, 0.6) is 0 Å². The van der Waals surface area contributed by atoms with E-state index in [9.17, 15) is 19.5 Å². The third-order valence-corrected chi connectivity index (χ3v) is 11.4. The maximum absolute atomic E-state index is 13.5. The van der Waals surface area contributed by atoms with Gasteiger partial charge in [0.25, 0.3) is 0 Å². The van der Waals surface area contributed by atoms with Crippen molar-refractivity contribution in [2.75, 3.05) is 20.1 Å². The van der Waals surface area contributed by atoms with Crippen LogP contribution in [-0.2, 0) is 14.3 Å². The molecule has 0 aromatic carbocycles. The molecule has 1 heterocycles. The van der Waals surface area contributed by atoms with Crippen molar-refractivity contribution in [2.24, 2.45) is 45.8 Å². The fourth-order valence-corrected chi connectivity index (χ4v) is 8.77. The second-order valence-corrected chi connectivity index (χ2v) is 13.4. The lowest BCUT2D eigenvalue weighted by Crippen LogP contribution is -2.63. The lowest BCUT2D eigenvalue weighted by Gasteiger charge is -2.61. The van der Waals surface area contributed by atoms with E-state index in [1.54, 1.807) is 0 Å². The zero-order valence-electron chi connectivity index (χ0n) is 23.9. The van der Waals surface area contributed by atoms with E-state index in [1.807, 2.05) is 33.0 Å². The zero-order chi connectivity index (χ0) is 27.3. The van der Waals surface area contributed by atoms with Crippen LogP contribution in [-0.4, -0.2) is 60.1 Å². The minimum absolute atomic E-state index is 0.0573. The Kier molecular flexibility index (Phi) is 7.72. The molecule has 7 nitrogen and oxygen atoms in total. The van der Waals surface area contributed by atoms with Gasteiger partial charge in [0.2, 0.25) is 5.91 Å². The van der Waals surface area contributed by atoms with Gasteiger partial charge in [-0.05, 0) is 75.8 Å². The summed E-state index contributed by atoms with van der Waals surface area (Å²) >= 11 is 0. The molecule has 2 amide bonds. The van der Waals surface area contributed by atoms with Crippen molar-refractivity contribution >= 4 is 17.8 Å². The highest BCUT2D eigenvalue weighted by molar-refractivity contribution is 5.93. The number of Topliss-reactive ketones (excluding diaryl/α,β-unsaturated/α-hetero) is 1. The Hall–Kier alpha value is -1.73. The number of nitrogens with one attached hydrogen (secondary N) is 1. The molecule has 2 N–H and O–H groups in total. The average Bonchev–Trinajstić information content (AvgIpc) is 3.19. The second kappa shape index (κ2) is 10.1. The molecule has 0 radical (unpaired) electrons. The number of aliphatic hydroxyl groups excluding tert-OH is 1. The number of carbonyl (C=O) groups excluding carboxylic acids is 3. The van der Waals surface area contributed by atoms with Crippen molar-refractivity contribution < 1.29 is 24.2 Å². The topological polar surface area (TPSA) is 95.9 Å². The number of amides is 2. The van der Waals surface area contributed by atoms with Gasteiger partial charge in [-0.2, -0.15) is 0 Å². The number of alkyl carbamates (subject to hydrolysis) is 1. The van der Waals surface area contributed by atoms with Crippen molar-refractivity contribution in [2.45, 2.75) is 92.3 Å². The van der Waals surface area contributed by atoms with Crippen molar-refractivity contribution in [3.8, 4) is 0 Å². The van der Waals surface area contributed by atoms with Crippen LogP contribution in [0.4, 0.5) is 4.79 Å². The molecule has 0 aromatic heterocycles. The smallest absolute Gasteiger partial charge is 0.414 e. The molecule has 208 valence electrons. The number of nitrogens with zero attached hydrogens (tertiary/aromatic N) is 1. The normalized spacial score (nSPS) is 46.7. The van der Waals surface area contributed by atoms with Crippen LogP contribution in [0.25, 0.3) is 0 Å². The van der Waals surface area contributed by atoms with E-state index in [2.05, 4.69) is 37.9 Å². The number of ether oxygens (including phenoxy) is 1. The SMILES string of the molecule is CC=C[C@]1(C)C[C@@H](OC(=O)NC(=O)[C@H]2CN(C)CC[C@@H]2C)[C@@]2(C)C3C(=O)CCC3(CC[C@H]2C)[C@@H](C)[C@@H]1O. The predicted octanol–water partition coefficient (Wildman–Crippen LogP) is 4.58. The molecule has 1 saturated heterocycles. The van der Waals surface area contributed by atoms with Crippen molar-refractivity contribution in [3.63, 3.8) is 0 Å². The van der Waals surface area contributed by atoms with Crippen LogP contribution in [0, 0.1) is 45.8 Å². The van der Waals surface area contributed by atoms with E-state index in [-0.39, 0.29) is 46.7 Å². The highest BCUT2D eigenvalue weighted by Crippen LogP contribution is 2.68. The maximum Gasteiger partial charge on any atom is 0.414 e. The number of likely N-dealkylation sites (tertiary alicyclic amines) is 1. The first-order valence-electron chi connectivity index (χ1n) is 14.3. The van der Waals surface area contributed by atoms with Crippen LogP contribution in [0.3, 0.4) is 0 Å². The van der Waals surface area contributed by atoms with Gasteiger partial charge < -0.3 is 14.7 Å². The minimum atomic E-state index is -0.739. The monoisotopic (exact) mass is 516 g/mol. The van der Waals surface area contributed by atoms with Gasteiger partial charge in [-0.3, -0.25) is 14.9 Å². The van der Waals surface area contributed by atoms with Gasteiger partial charge in [-0.15, -0.1) is 0 Å². The first-order chi connectivity index (χ1) is 17.3. The van der Waals surface area contributed by atoms with E-state index in [4.69, 9.17) is 4.74 Å². The summed E-state index contributed by atoms with van der Waals surface area (Å²) in [5.74, 6) is -0.326. The van der Waals surface area contributed by atoms with Crippen LogP contribution >= 0.6 is 0 Å². The van der Waals surface area contributed by atoms with Crippen molar-refractivity contribution in [1.29, 1.82) is 0 Å². The maximum atomic E-state index is 13.5.